The number of hydrogen-bond donors (Lipinski definition) is 0. The first-order chi connectivity index (χ1) is 15.5. The van der Waals surface area contributed by atoms with Crippen molar-refractivity contribution >= 4 is 38.6 Å². The van der Waals surface area contributed by atoms with E-state index in [9.17, 15) is 10.1 Å². The van der Waals surface area contributed by atoms with Crippen molar-refractivity contribution in [1.29, 1.82) is 5.26 Å². The van der Waals surface area contributed by atoms with E-state index in [0.717, 1.165) is 10.0 Å². The number of hydrogen-bond acceptors (Lipinski definition) is 4. The maximum absolute atomic E-state index is 13.6. The third kappa shape index (κ3) is 3.50. The molecule has 0 bridgehead atoms. The molecule has 0 atom stereocenters. The van der Waals surface area contributed by atoms with Gasteiger partial charge in [0.25, 0.3) is 5.56 Å². The molecule has 0 spiro atoms. The van der Waals surface area contributed by atoms with Crippen molar-refractivity contribution in [2.75, 3.05) is 0 Å². The molecule has 6 nitrogen and oxygen atoms in total. The molecule has 0 unspecified atom stereocenters. The fourth-order valence-electron chi connectivity index (χ4n) is 3.49. The molecular formula is C24H13BrClN5O. The highest BCUT2D eigenvalue weighted by molar-refractivity contribution is 9.10. The average molecular weight is 503 g/mol. The molecule has 0 aliphatic heterocycles. The molecule has 154 valence electrons. The zero-order chi connectivity index (χ0) is 22.2. The van der Waals surface area contributed by atoms with E-state index in [2.05, 4.69) is 27.1 Å². The first kappa shape index (κ1) is 20.2. The van der Waals surface area contributed by atoms with Crippen molar-refractivity contribution in [2.45, 2.75) is 0 Å². The van der Waals surface area contributed by atoms with Gasteiger partial charge in [-0.1, -0.05) is 45.7 Å². The molecule has 0 amide bonds. The van der Waals surface area contributed by atoms with Crippen molar-refractivity contribution in [2.24, 2.45) is 0 Å². The first-order valence-corrected chi connectivity index (χ1v) is 10.8. The Morgan fingerprint density at radius 3 is 2.44 bits per heavy atom. The van der Waals surface area contributed by atoms with Crippen LogP contribution in [0.3, 0.4) is 0 Å². The number of aromatic nitrogens is 4. The second kappa shape index (κ2) is 8.08. The zero-order valence-corrected chi connectivity index (χ0v) is 18.7. The Kier molecular flexibility index (Phi) is 5.10. The van der Waals surface area contributed by atoms with Gasteiger partial charge in [0.15, 0.2) is 5.65 Å². The van der Waals surface area contributed by atoms with Crippen molar-refractivity contribution < 1.29 is 0 Å². The van der Waals surface area contributed by atoms with Gasteiger partial charge in [-0.25, -0.2) is 9.67 Å². The van der Waals surface area contributed by atoms with Crippen LogP contribution in [0, 0.1) is 11.3 Å². The van der Waals surface area contributed by atoms with Gasteiger partial charge in [0.1, 0.15) is 11.2 Å². The summed E-state index contributed by atoms with van der Waals surface area (Å²) < 4.78 is 4.05. The van der Waals surface area contributed by atoms with Crippen LogP contribution in [0.15, 0.2) is 88.3 Å². The van der Waals surface area contributed by atoms with Crippen molar-refractivity contribution in [3.8, 4) is 28.8 Å². The van der Waals surface area contributed by atoms with E-state index in [1.54, 1.807) is 51.7 Å². The zero-order valence-electron chi connectivity index (χ0n) is 16.4. The summed E-state index contributed by atoms with van der Waals surface area (Å²) in [6, 6.07) is 23.7. The smallest absolute Gasteiger partial charge is 0.268 e. The monoisotopic (exact) mass is 501 g/mol. The summed E-state index contributed by atoms with van der Waals surface area (Å²) in [7, 11) is 0. The maximum atomic E-state index is 13.6. The van der Waals surface area contributed by atoms with Crippen LogP contribution in [0.5, 0.6) is 0 Å². The Morgan fingerprint density at radius 1 is 0.969 bits per heavy atom. The van der Waals surface area contributed by atoms with E-state index >= 15 is 0 Å². The summed E-state index contributed by atoms with van der Waals surface area (Å²) in [6.45, 7) is 0. The molecule has 0 aliphatic rings. The lowest BCUT2D eigenvalue weighted by Crippen LogP contribution is -2.22. The fraction of sp³-hybridized carbons (Fsp3) is 0. The lowest BCUT2D eigenvalue weighted by molar-refractivity contribution is 0.888. The largest absolute Gasteiger partial charge is 0.269 e. The molecule has 3 aromatic carbocycles. The summed E-state index contributed by atoms with van der Waals surface area (Å²) in [6.07, 6.45) is 1.50. The lowest BCUT2D eigenvalue weighted by atomic mass is 10.2. The van der Waals surface area contributed by atoms with Crippen LogP contribution in [0.4, 0.5) is 0 Å². The standard InChI is InChI=1S/C24H13BrClN5O/c25-17-6-4-16(5-7-17)22-29-23-21(24(32)30(22)19-10-8-18(26)9-11-19)14-28-31(23)20-3-1-2-15(12-20)13-27/h1-12,14H. The van der Waals surface area contributed by atoms with Crippen LogP contribution < -0.4 is 5.56 Å². The van der Waals surface area contributed by atoms with Crippen molar-refractivity contribution in [3.63, 3.8) is 0 Å². The predicted octanol–water partition coefficient (Wildman–Crippen LogP) is 5.53. The highest BCUT2D eigenvalue weighted by atomic mass is 79.9. The SMILES string of the molecule is N#Cc1cccc(-n2ncc3c(=O)n(-c4ccc(Cl)cc4)c(-c4ccc(Br)cc4)nc32)c1. The topological polar surface area (TPSA) is 76.5 Å². The van der Waals surface area contributed by atoms with Crippen LogP contribution in [-0.2, 0) is 0 Å². The third-order valence-electron chi connectivity index (χ3n) is 5.01. The molecule has 0 radical (unpaired) electrons. The minimum atomic E-state index is -0.252. The van der Waals surface area contributed by atoms with E-state index in [0.29, 0.717) is 38.8 Å². The van der Waals surface area contributed by atoms with Crippen LogP contribution in [0.1, 0.15) is 5.56 Å². The van der Waals surface area contributed by atoms with Gasteiger partial charge in [-0.2, -0.15) is 10.4 Å². The van der Waals surface area contributed by atoms with Gasteiger partial charge < -0.3 is 0 Å². The summed E-state index contributed by atoms with van der Waals surface area (Å²) >= 11 is 9.51. The molecule has 5 aromatic rings. The molecule has 0 aliphatic carbocycles. The van der Waals surface area contributed by atoms with Gasteiger partial charge in [0.2, 0.25) is 0 Å². The van der Waals surface area contributed by atoms with Crippen molar-refractivity contribution in [3.05, 3.63) is 104 Å². The average Bonchev–Trinajstić information content (AvgIpc) is 3.25. The Labute approximate surface area is 196 Å². The Balaban J connectivity index is 1.83. The molecule has 0 saturated heterocycles. The summed E-state index contributed by atoms with van der Waals surface area (Å²) in [4.78, 5) is 18.5. The van der Waals surface area contributed by atoms with E-state index in [1.807, 2.05) is 30.3 Å². The predicted molar refractivity (Wildman–Crippen MR) is 127 cm³/mol. The van der Waals surface area contributed by atoms with Crippen LogP contribution in [-0.4, -0.2) is 19.3 Å². The highest BCUT2D eigenvalue weighted by Crippen LogP contribution is 2.25. The van der Waals surface area contributed by atoms with E-state index < -0.39 is 0 Å². The lowest BCUT2D eigenvalue weighted by Gasteiger charge is -2.14. The quantitative estimate of drug-likeness (QED) is 0.325. The maximum Gasteiger partial charge on any atom is 0.269 e. The van der Waals surface area contributed by atoms with E-state index in [4.69, 9.17) is 16.6 Å². The van der Waals surface area contributed by atoms with Crippen LogP contribution in [0.2, 0.25) is 5.02 Å². The van der Waals surface area contributed by atoms with Crippen LogP contribution >= 0.6 is 27.5 Å². The normalized spacial score (nSPS) is 10.9. The molecule has 0 fully saturated rings. The minimum Gasteiger partial charge on any atom is -0.268 e. The second-order valence-electron chi connectivity index (χ2n) is 7.02. The van der Waals surface area contributed by atoms with Gasteiger partial charge >= 0.3 is 0 Å². The molecular weight excluding hydrogens is 490 g/mol. The van der Waals surface area contributed by atoms with Gasteiger partial charge in [0, 0.05) is 15.1 Å². The summed E-state index contributed by atoms with van der Waals surface area (Å²) in [5, 5.41) is 14.6. The highest BCUT2D eigenvalue weighted by Gasteiger charge is 2.18. The third-order valence-corrected chi connectivity index (χ3v) is 5.79. The fourth-order valence-corrected chi connectivity index (χ4v) is 3.88. The van der Waals surface area contributed by atoms with Gasteiger partial charge in [-0.3, -0.25) is 9.36 Å². The molecule has 0 saturated carbocycles. The van der Waals surface area contributed by atoms with E-state index in [1.165, 1.54) is 6.20 Å². The summed E-state index contributed by atoms with van der Waals surface area (Å²) in [5.41, 5.74) is 2.71. The van der Waals surface area contributed by atoms with Gasteiger partial charge in [-0.15, -0.1) is 0 Å². The number of nitriles is 1. The number of halogens is 2. The number of benzene rings is 3. The molecule has 2 aromatic heterocycles. The van der Waals surface area contributed by atoms with E-state index in [-0.39, 0.29) is 5.56 Å². The number of fused-ring (bicyclic) bond motifs is 1. The molecule has 0 N–H and O–H groups in total. The molecule has 5 rings (SSSR count). The number of rotatable bonds is 3. The number of nitrogens with zero attached hydrogens (tertiary/aromatic N) is 5. The first-order valence-electron chi connectivity index (χ1n) is 9.58. The van der Waals surface area contributed by atoms with Crippen LogP contribution in [0.25, 0.3) is 33.8 Å². The Hall–Kier alpha value is -3.73. The molecule has 32 heavy (non-hydrogen) atoms. The Morgan fingerprint density at radius 2 is 1.72 bits per heavy atom. The van der Waals surface area contributed by atoms with Crippen molar-refractivity contribution in [1.82, 2.24) is 19.3 Å². The molecule has 2 heterocycles. The summed E-state index contributed by atoms with van der Waals surface area (Å²) in [5.74, 6) is 0.468. The molecule has 8 heteroatoms. The van der Waals surface area contributed by atoms with Gasteiger partial charge in [0.05, 0.1) is 29.2 Å². The second-order valence-corrected chi connectivity index (χ2v) is 8.37. The minimum absolute atomic E-state index is 0.252. The van der Waals surface area contributed by atoms with Gasteiger partial charge in [-0.05, 0) is 54.6 Å². The Bertz CT molecular complexity index is 1560.